The van der Waals surface area contributed by atoms with Crippen molar-refractivity contribution in [1.82, 2.24) is 0 Å². The molecule has 0 amide bonds. The van der Waals surface area contributed by atoms with Crippen molar-refractivity contribution in [3.63, 3.8) is 0 Å². The third-order valence-corrected chi connectivity index (χ3v) is 3.73. The number of halogens is 1. The van der Waals surface area contributed by atoms with Gasteiger partial charge in [0.05, 0.1) is 0 Å². The highest BCUT2D eigenvalue weighted by molar-refractivity contribution is 9.08. The summed E-state index contributed by atoms with van der Waals surface area (Å²) in [6.07, 6.45) is 0. The number of hydrogen-bond acceptors (Lipinski definition) is 2. The maximum absolute atomic E-state index is 9.40. The van der Waals surface area contributed by atoms with E-state index in [0.717, 1.165) is 5.33 Å². The zero-order valence-corrected chi connectivity index (χ0v) is 9.58. The minimum atomic E-state index is 0.395. The lowest BCUT2D eigenvalue weighted by Crippen LogP contribution is -1.79. The van der Waals surface area contributed by atoms with Gasteiger partial charge in [0.2, 0.25) is 0 Å². The molecule has 1 aromatic heterocycles. The van der Waals surface area contributed by atoms with Crippen LogP contribution in [-0.2, 0) is 5.33 Å². The Morgan fingerprint density at radius 3 is 2.92 bits per heavy atom. The predicted octanol–water partition coefficient (Wildman–Crippen LogP) is 3.81. The van der Waals surface area contributed by atoms with E-state index in [4.69, 9.17) is 0 Å². The highest BCUT2D eigenvalue weighted by atomic mass is 79.9. The second-order valence-corrected chi connectivity index (χ2v) is 4.59. The molecule has 0 aliphatic carbocycles. The number of alkyl halides is 1. The predicted molar refractivity (Wildman–Crippen MR) is 60.9 cm³/mol. The number of aromatic hydroxyl groups is 1. The molecule has 0 aliphatic rings. The molecule has 0 fully saturated rings. The molecule has 1 heterocycles. The standard InChI is InChI=1S/C10H9BrOS/c1-6-2-3-7(5-11)10-8(6)4-9(12)13-10/h2-4,12H,5H2,1H3. The monoisotopic (exact) mass is 256 g/mol. The molecule has 0 bridgehead atoms. The summed E-state index contributed by atoms with van der Waals surface area (Å²) in [5.41, 5.74) is 2.46. The van der Waals surface area contributed by atoms with E-state index in [1.807, 2.05) is 6.07 Å². The van der Waals surface area contributed by atoms with Gasteiger partial charge in [-0.25, -0.2) is 0 Å². The van der Waals surface area contributed by atoms with Crippen LogP contribution in [0.2, 0.25) is 0 Å². The Morgan fingerprint density at radius 1 is 1.46 bits per heavy atom. The molecule has 2 aromatic rings. The largest absolute Gasteiger partial charge is 0.499 e. The van der Waals surface area contributed by atoms with Gasteiger partial charge >= 0.3 is 0 Å². The van der Waals surface area contributed by atoms with Gasteiger partial charge in [0.25, 0.3) is 0 Å². The second kappa shape index (κ2) is 3.31. The molecule has 3 heteroatoms. The SMILES string of the molecule is Cc1ccc(CBr)c2sc(O)cc12. The molecule has 0 spiro atoms. The molecule has 13 heavy (non-hydrogen) atoms. The van der Waals surface area contributed by atoms with Gasteiger partial charge in [0.15, 0.2) is 5.06 Å². The number of benzene rings is 1. The lowest BCUT2D eigenvalue weighted by molar-refractivity contribution is 0.491. The summed E-state index contributed by atoms with van der Waals surface area (Å²) in [5.74, 6) is 0. The molecule has 68 valence electrons. The van der Waals surface area contributed by atoms with E-state index in [2.05, 4.69) is 35.0 Å². The first kappa shape index (κ1) is 9.03. The van der Waals surface area contributed by atoms with Gasteiger partial charge in [-0.3, -0.25) is 0 Å². The fourth-order valence-electron chi connectivity index (χ4n) is 1.41. The third-order valence-electron chi connectivity index (χ3n) is 2.11. The van der Waals surface area contributed by atoms with Gasteiger partial charge in [0, 0.05) is 10.0 Å². The second-order valence-electron chi connectivity index (χ2n) is 3.00. The van der Waals surface area contributed by atoms with E-state index in [0.29, 0.717) is 5.06 Å². The van der Waals surface area contributed by atoms with Gasteiger partial charge in [-0.15, -0.1) is 0 Å². The van der Waals surface area contributed by atoms with Crippen LogP contribution in [0.3, 0.4) is 0 Å². The van der Waals surface area contributed by atoms with Crippen molar-refractivity contribution in [2.75, 3.05) is 0 Å². The Morgan fingerprint density at radius 2 is 2.23 bits per heavy atom. The fourth-order valence-corrected chi connectivity index (χ4v) is 3.05. The van der Waals surface area contributed by atoms with Crippen molar-refractivity contribution < 1.29 is 5.11 Å². The van der Waals surface area contributed by atoms with Crippen LogP contribution < -0.4 is 0 Å². The third kappa shape index (κ3) is 1.46. The first-order valence-electron chi connectivity index (χ1n) is 3.99. The molecule has 0 saturated heterocycles. The minimum Gasteiger partial charge on any atom is -0.499 e. The van der Waals surface area contributed by atoms with Crippen LogP contribution in [0.5, 0.6) is 5.06 Å². The summed E-state index contributed by atoms with van der Waals surface area (Å²) in [5, 5.41) is 11.8. The first-order chi connectivity index (χ1) is 6.22. The number of fused-ring (bicyclic) bond motifs is 1. The summed E-state index contributed by atoms with van der Waals surface area (Å²) in [6, 6.07) is 6.02. The number of hydrogen-bond donors (Lipinski definition) is 1. The normalized spacial score (nSPS) is 10.9. The summed E-state index contributed by atoms with van der Waals surface area (Å²) >= 11 is 4.88. The molecule has 2 rings (SSSR count). The Bertz CT molecular complexity index is 447. The molecule has 1 nitrogen and oxygen atoms in total. The topological polar surface area (TPSA) is 20.2 Å². The molecule has 1 N–H and O–H groups in total. The van der Waals surface area contributed by atoms with E-state index in [1.165, 1.54) is 32.5 Å². The Labute approximate surface area is 89.1 Å². The molecule has 0 atom stereocenters. The summed E-state index contributed by atoms with van der Waals surface area (Å²) in [6.45, 7) is 2.06. The van der Waals surface area contributed by atoms with Crippen LogP contribution in [0.4, 0.5) is 0 Å². The Balaban J connectivity index is 2.83. The first-order valence-corrected chi connectivity index (χ1v) is 5.93. The van der Waals surface area contributed by atoms with Crippen molar-refractivity contribution in [3.05, 3.63) is 29.3 Å². The van der Waals surface area contributed by atoms with Gasteiger partial charge in [-0.2, -0.15) is 0 Å². The maximum Gasteiger partial charge on any atom is 0.172 e. The summed E-state index contributed by atoms with van der Waals surface area (Å²) < 4.78 is 1.19. The quantitative estimate of drug-likeness (QED) is 0.770. The average molecular weight is 257 g/mol. The highest BCUT2D eigenvalue weighted by Crippen LogP contribution is 2.35. The average Bonchev–Trinajstić information content (AvgIpc) is 2.48. The minimum absolute atomic E-state index is 0.395. The zero-order valence-electron chi connectivity index (χ0n) is 7.17. The molecule has 0 radical (unpaired) electrons. The fraction of sp³-hybridized carbons (Fsp3) is 0.200. The molecule has 0 unspecified atom stereocenters. The lowest BCUT2D eigenvalue weighted by atomic mass is 10.1. The maximum atomic E-state index is 9.40. The van der Waals surface area contributed by atoms with E-state index in [1.54, 1.807) is 0 Å². The molecular weight excluding hydrogens is 248 g/mol. The van der Waals surface area contributed by atoms with Gasteiger partial charge in [-0.1, -0.05) is 39.4 Å². The Hall–Kier alpha value is -0.540. The van der Waals surface area contributed by atoms with Gasteiger partial charge in [0.1, 0.15) is 0 Å². The lowest BCUT2D eigenvalue weighted by Gasteiger charge is -1.99. The van der Waals surface area contributed by atoms with E-state index in [-0.39, 0.29) is 0 Å². The number of rotatable bonds is 1. The van der Waals surface area contributed by atoms with Crippen molar-refractivity contribution in [3.8, 4) is 5.06 Å². The highest BCUT2D eigenvalue weighted by Gasteiger charge is 2.06. The van der Waals surface area contributed by atoms with E-state index < -0.39 is 0 Å². The van der Waals surface area contributed by atoms with Crippen LogP contribution >= 0.6 is 27.3 Å². The number of thiophene rings is 1. The van der Waals surface area contributed by atoms with Crippen molar-refractivity contribution in [1.29, 1.82) is 0 Å². The van der Waals surface area contributed by atoms with Crippen LogP contribution in [0.15, 0.2) is 18.2 Å². The van der Waals surface area contributed by atoms with Crippen LogP contribution in [0, 0.1) is 6.92 Å². The molecule has 1 aromatic carbocycles. The van der Waals surface area contributed by atoms with Gasteiger partial charge < -0.3 is 5.11 Å². The van der Waals surface area contributed by atoms with Gasteiger partial charge in [-0.05, 0) is 29.5 Å². The molecular formula is C10H9BrOS. The van der Waals surface area contributed by atoms with Crippen LogP contribution in [0.25, 0.3) is 10.1 Å². The summed E-state index contributed by atoms with van der Waals surface area (Å²) in [7, 11) is 0. The van der Waals surface area contributed by atoms with Crippen molar-refractivity contribution in [2.45, 2.75) is 12.3 Å². The van der Waals surface area contributed by atoms with Crippen LogP contribution in [-0.4, -0.2) is 5.11 Å². The Kier molecular flexibility index (Phi) is 2.30. The van der Waals surface area contributed by atoms with Crippen LogP contribution in [0.1, 0.15) is 11.1 Å². The van der Waals surface area contributed by atoms with E-state index >= 15 is 0 Å². The number of aryl methyl sites for hydroxylation is 1. The summed E-state index contributed by atoms with van der Waals surface area (Å²) in [4.78, 5) is 0. The molecule has 0 saturated carbocycles. The van der Waals surface area contributed by atoms with Crippen molar-refractivity contribution in [2.24, 2.45) is 0 Å². The molecule has 0 aliphatic heterocycles. The zero-order chi connectivity index (χ0) is 9.42. The van der Waals surface area contributed by atoms with E-state index in [9.17, 15) is 5.11 Å². The van der Waals surface area contributed by atoms with Crippen molar-refractivity contribution >= 4 is 37.4 Å². The smallest absolute Gasteiger partial charge is 0.172 e.